The Hall–Kier alpha value is -5.44. The summed E-state index contributed by atoms with van der Waals surface area (Å²) in [4.78, 5) is 30.0. The minimum atomic E-state index is -4.56. The van der Waals surface area contributed by atoms with E-state index in [1.807, 2.05) is 36.4 Å². The molecule has 2 N–H and O–H groups in total. The molecule has 4 aromatic carbocycles. The Balaban J connectivity index is 1.38. The lowest BCUT2D eigenvalue weighted by molar-refractivity contribution is -0.138. The van der Waals surface area contributed by atoms with Gasteiger partial charge in [-0.15, -0.1) is 0 Å². The SMILES string of the molecule is O=C(C=Cc1ccccc1)Nc1ccc(-c2oc(-c3ccccc3)nc2C(=O)NCc2ccccc2C(F)(F)F)cc1. The van der Waals surface area contributed by atoms with Crippen LogP contribution in [-0.2, 0) is 17.5 Å². The molecule has 2 amide bonds. The molecule has 210 valence electrons. The summed E-state index contributed by atoms with van der Waals surface area (Å²) in [6, 6.07) is 30.0. The second kappa shape index (κ2) is 12.4. The molecular formula is C33H24F3N3O3. The predicted octanol–water partition coefficient (Wildman–Crippen LogP) is 7.61. The Morgan fingerprint density at radius 1 is 0.786 bits per heavy atom. The van der Waals surface area contributed by atoms with Gasteiger partial charge in [-0.2, -0.15) is 13.2 Å². The van der Waals surface area contributed by atoms with Crippen molar-refractivity contribution in [1.29, 1.82) is 0 Å². The van der Waals surface area contributed by atoms with Crippen molar-refractivity contribution in [3.63, 3.8) is 0 Å². The first kappa shape index (κ1) is 28.1. The quantitative estimate of drug-likeness (QED) is 0.189. The van der Waals surface area contributed by atoms with Crippen LogP contribution in [0.2, 0.25) is 0 Å². The average molecular weight is 568 g/mol. The van der Waals surface area contributed by atoms with E-state index in [1.54, 1.807) is 54.6 Å². The number of amides is 2. The summed E-state index contributed by atoms with van der Waals surface area (Å²) in [5.41, 5.74) is 1.52. The maximum absolute atomic E-state index is 13.4. The Labute approximate surface area is 239 Å². The van der Waals surface area contributed by atoms with Gasteiger partial charge in [0, 0.05) is 29.4 Å². The third-order valence-corrected chi connectivity index (χ3v) is 6.27. The molecule has 5 rings (SSSR count). The summed E-state index contributed by atoms with van der Waals surface area (Å²) in [5.74, 6) is -0.708. The van der Waals surface area contributed by atoms with Gasteiger partial charge in [-0.05, 0) is 59.7 Å². The van der Waals surface area contributed by atoms with E-state index in [0.717, 1.165) is 11.6 Å². The van der Waals surface area contributed by atoms with Crippen molar-refractivity contribution in [3.8, 4) is 22.8 Å². The van der Waals surface area contributed by atoms with Crippen molar-refractivity contribution in [2.45, 2.75) is 12.7 Å². The Kier molecular flexibility index (Phi) is 8.29. The smallest absolute Gasteiger partial charge is 0.416 e. The van der Waals surface area contributed by atoms with E-state index in [-0.39, 0.29) is 35.4 Å². The summed E-state index contributed by atoms with van der Waals surface area (Å²) in [5, 5.41) is 5.31. The molecule has 0 saturated heterocycles. The van der Waals surface area contributed by atoms with Crippen LogP contribution in [0.1, 0.15) is 27.2 Å². The van der Waals surface area contributed by atoms with E-state index >= 15 is 0 Å². The van der Waals surface area contributed by atoms with Crippen LogP contribution in [0.4, 0.5) is 18.9 Å². The van der Waals surface area contributed by atoms with Crippen molar-refractivity contribution in [2.75, 3.05) is 5.32 Å². The highest BCUT2D eigenvalue weighted by molar-refractivity contribution is 6.02. The lowest BCUT2D eigenvalue weighted by Gasteiger charge is -2.13. The average Bonchev–Trinajstić information content (AvgIpc) is 3.46. The number of alkyl halides is 3. The first-order chi connectivity index (χ1) is 20.3. The monoisotopic (exact) mass is 567 g/mol. The van der Waals surface area contributed by atoms with Crippen molar-refractivity contribution >= 4 is 23.6 Å². The zero-order chi connectivity index (χ0) is 29.5. The van der Waals surface area contributed by atoms with Crippen LogP contribution < -0.4 is 10.6 Å². The van der Waals surface area contributed by atoms with Crippen molar-refractivity contribution in [3.05, 3.63) is 138 Å². The fourth-order valence-electron chi connectivity index (χ4n) is 4.21. The number of rotatable bonds is 8. The normalized spacial score (nSPS) is 11.4. The number of nitrogens with one attached hydrogen (secondary N) is 2. The minimum Gasteiger partial charge on any atom is -0.435 e. The van der Waals surface area contributed by atoms with Crippen molar-refractivity contribution < 1.29 is 27.2 Å². The first-order valence-electron chi connectivity index (χ1n) is 12.9. The maximum Gasteiger partial charge on any atom is 0.416 e. The molecule has 6 nitrogen and oxygen atoms in total. The summed E-state index contributed by atoms with van der Waals surface area (Å²) in [6.07, 6.45) is -1.44. The van der Waals surface area contributed by atoms with Gasteiger partial charge in [-0.3, -0.25) is 9.59 Å². The zero-order valence-corrected chi connectivity index (χ0v) is 22.1. The standard InChI is InChI=1S/C33H24F3N3O3/c34-33(35,36)27-14-8-7-13-25(27)21-37-31(41)29-30(42-32(39-29)24-11-5-2-6-12-24)23-16-18-26(19-17-23)38-28(40)20-15-22-9-3-1-4-10-22/h1-20H,21H2,(H,37,41)(H,38,40). The van der Waals surface area contributed by atoms with Crippen LogP contribution in [0, 0.1) is 0 Å². The molecule has 9 heteroatoms. The Bertz CT molecular complexity index is 1710. The number of carbonyl (C=O) groups is 2. The van der Waals surface area contributed by atoms with Crippen LogP contribution in [0.25, 0.3) is 28.9 Å². The number of halogens is 3. The molecule has 0 unspecified atom stereocenters. The Morgan fingerprint density at radius 3 is 2.12 bits per heavy atom. The lowest BCUT2D eigenvalue weighted by Crippen LogP contribution is -2.25. The molecule has 0 bridgehead atoms. The number of aromatic nitrogens is 1. The fourth-order valence-corrected chi connectivity index (χ4v) is 4.21. The Morgan fingerprint density at radius 2 is 1.43 bits per heavy atom. The van der Waals surface area contributed by atoms with E-state index in [9.17, 15) is 22.8 Å². The summed E-state index contributed by atoms with van der Waals surface area (Å²) in [7, 11) is 0. The van der Waals surface area contributed by atoms with Gasteiger partial charge in [0.2, 0.25) is 11.8 Å². The summed E-state index contributed by atoms with van der Waals surface area (Å²) >= 11 is 0. The number of hydrogen-bond acceptors (Lipinski definition) is 4. The van der Waals surface area contributed by atoms with Crippen LogP contribution in [0.3, 0.4) is 0 Å². The van der Waals surface area contributed by atoms with Crippen LogP contribution in [-0.4, -0.2) is 16.8 Å². The van der Waals surface area contributed by atoms with E-state index in [2.05, 4.69) is 15.6 Å². The van der Waals surface area contributed by atoms with E-state index in [1.165, 1.54) is 24.3 Å². The number of hydrogen-bond donors (Lipinski definition) is 2. The molecular weight excluding hydrogens is 543 g/mol. The minimum absolute atomic E-state index is 0.0758. The van der Waals surface area contributed by atoms with Gasteiger partial charge in [-0.25, -0.2) is 4.98 Å². The molecule has 0 fully saturated rings. The van der Waals surface area contributed by atoms with Crippen LogP contribution in [0.15, 0.2) is 120 Å². The van der Waals surface area contributed by atoms with Gasteiger partial charge in [0.15, 0.2) is 11.5 Å². The van der Waals surface area contributed by atoms with Gasteiger partial charge >= 0.3 is 6.18 Å². The topological polar surface area (TPSA) is 84.2 Å². The van der Waals surface area contributed by atoms with E-state index in [4.69, 9.17) is 4.42 Å². The van der Waals surface area contributed by atoms with Crippen molar-refractivity contribution in [1.82, 2.24) is 10.3 Å². The highest BCUT2D eigenvalue weighted by Gasteiger charge is 2.33. The van der Waals surface area contributed by atoms with Crippen LogP contribution in [0.5, 0.6) is 0 Å². The number of anilines is 1. The molecule has 1 aromatic heterocycles. The highest BCUT2D eigenvalue weighted by atomic mass is 19.4. The highest BCUT2D eigenvalue weighted by Crippen LogP contribution is 2.33. The van der Waals surface area contributed by atoms with Gasteiger partial charge in [0.25, 0.3) is 5.91 Å². The molecule has 0 atom stereocenters. The number of benzene rings is 4. The molecule has 0 radical (unpaired) electrons. The summed E-state index contributed by atoms with van der Waals surface area (Å²) in [6.45, 7) is -0.358. The molecule has 1 heterocycles. The predicted molar refractivity (Wildman–Crippen MR) is 154 cm³/mol. The molecule has 0 spiro atoms. The molecule has 5 aromatic rings. The number of oxazole rings is 1. The first-order valence-corrected chi connectivity index (χ1v) is 12.9. The van der Waals surface area contributed by atoms with Gasteiger partial charge in [0.05, 0.1) is 5.56 Å². The maximum atomic E-state index is 13.4. The second-order valence-electron chi connectivity index (χ2n) is 9.21. The third kappa shape index (κ3) is 6.82. The lowest BCUT2D eigenvalue weighted by atomic mass is 10.1. The van der Waals surface area contributed by atoms with E-state index in [0.29, 0.717) is 16.8 Å². The van der Waals surface area contributed by atoms with Gasteiger partial charge in [0.1, 0.15) is 0 Å². The fraction of sp³-hybridized carbons (Fsp3) is 0.0606. The molecule has 0 aliphatic carbocycles. The van der Waals surface area contributed by atoms with Gasteiger partial charge < -0.3 is 15.1 Å². The molecule has 0 aliphatic heterocycles. The van der Waals surface area contributed by atoms with Crippen LogP contribution >= 0.6 is 0 Å². The summed E-state index contributed by atoms with van der Waals surface area (Å²) < 4.78 is 46.3. The molecule has 0 aliphatic rings. The molecule has 42 heavy (non-hydrogen) atoms. The zero-order valence-electron chi connectivity index (χ0n) is 22.1. The van der Waals surface area contributed by atoms with Crippen molar-refractivity contribution in [2.24, 2.45) is 0 Å². The number of nitrogens with zero attached hydrogens (tertiary/aromatic N) is 1. The second-order valence-corrected chi connectivity index (χ2v) is 9.21. The number of carbonyl (C=O) groups excluding carboxylic acids is 2. The molecule has 0 saturated carbocycles. The van der Waals surface area contributed by atoms with Gasteiger partial charge in [-0.1, -0.05) is 66.7 Å². The third-order valence-electron chi connectivity index (χ3n) is 6.27. The van der Waals surface area contributed by atoms with E-state index < -0.39 is 17.6 Å². The largest absolute Gasteiger partial charge is 0.435 e.